The summed E-state index contributed by atoms with van der Waals surface area (Å²) in [5.41, 5.74) is 4.05. The van der Waals surface area contributed by atoms with Crippen molar-refractivity contribution in [1.82, 2.24) is 4.57 Å². The number of carbonyl (C=O) groups excluding carboxylic acids is 1. The van der Waals surface area contributed by atoms with E-state index in [1.807, 2.05) is 86.7 Å². The molecular weight excluding hydrogens is 640 g/mol. The number of fused-ring (bicyclic) bond motifs is 1. The number of aromatic nitrogens is 1. The van der Waals surface area contributed by atoms with Crippen molar-refractivity contribution < 1.29 is 19.0 Å². The van der Waals surface area contributed by atoms with Gasteiger partial charge in [-0.15, -0.1) is 0 Å². The molecule has 0 unspecified atom stereocenters. The van der Waals surface area contributed by atoms with E-state index >= 15 is 0 Å². The van der Waals surface area contributed by atoms with Crippen LogP contribution in [0.1, 0.15) is 68.8 Å². The Labute approximate surface area is 269 Å². The summed E-state index contributed by atoms with van der Waals surface area (Å²) >= 11 is 4.88. The molecule has 0 saturated carbocycles. The summed E-state index contributed by atoms with van der Waals surface area (Å²) in [7, 11) is 1.58. The van der Waals surface area contributed by atoms with E-state index < -0.39 is 12.0 Å². The number of ether oxygens (including phenoxy) is 3. The van der Waals surface area contributed by atoms with Gasteiger partial charge in [0, 0.05) is 5.56 Å². The number of thiazole rings is 1. The third-order valence-corrected chi connectivity index (χ3v) is 8.77. The number of halogens is 1. The number of benzene rings is 3. The maximum atomic E-state index is 14.2. The molecule has 0 N–H and O–H groups in total. The maximum absolute atomic E-state index is 14.2. The molecule has 1 aliphatic heterocycles. The molecular formula is C35H35BrN2O5S. The SMILES string of the molecule is CCOC(=O)C1=C(c2ccccc2)N=c2s/c(=C\c3cc(Br)c(OC(C)C)c(OC)c3)c(=O)n2[C@H]1c1ccc(C(C)C)cc1. The third kappa shape index (κ3) is 6.30. The molecule has 2 heterocycles. The first-order valence-corrected chi connectivity index (χ1v) is 16.2. The summed E-state index contributed by atoms with van der Waals surface area (Å²) in [5, 5.41) is 0. The van der Waals surface area contributed by atoms with Crippen molar-refractivity contribution in [2.75, 3.05) is 13.7 Å². The van der Waals surface area contributed by atoms with Crippen LogP contribution in [0.25, 0.3) is 11.8 Å². The lowest BCUT2D eigenvalue weighted by molar-refractivity contribution is -0.138. The molecule has 1 aromatic heterocycles. The molecule has 7 nitrogen and oxygen atoms in total. The maximum Gasteiger partial charge on any atom is 0.338 e. The average Bonchev–Trinajstić information content (AvgIpc) is 3.31. The van der Waals surface area contributed by atoms with Crippen molar-refractivity contribution >= 4 is 45.0 Å². The number of hydrogen-bond acceptors (Lipinski definition) is 7. The van der Waals surface area contributed by atoms with Gasteiger partial charge in [-0.2, -0.15) is 0 Å². The monoisotopic (exact) mass is 674 g/mol. The van der Waals surface area contributed by atoms with Gasteiger partial charge in [0.25, 0.3) is 5.56 Å². The van der Waals surface area contributed by atoms with Crippen molar-refractivity contribution in [1.29, 1.82) is 0 Å². The Balaban J connectivity index is 1.77. The van der Waals surface area contributed by atoms with Crippen molar-refractivity contribution in [2.24, 2.45) is 4.99 Å². The van der Waals surface area contributed by atoms with Crippen molar-refractivity contribution in [2.45, 2.75) is 52.7 Å². The highest BCUT2D eigenvalue weighted by Gasteiger charge is 2.35. The standard InChI is InChI=1S/C35H35BrN2O5S/c1-7-42-34(40)29-30(24-11-9-8-10-12-24)37-35-38(31(29)25-15-13-23(14-16-25)20(2)3)33(39)28(44-35)19-22-17-26(36)32(43-21(4)5)27(18-22)41-6/h8-21,31H,7H2,1-6H3/b28-19-/t31-/m0/s1. The Morgan fingerprint density at radius 2 is 1.77 bits per heavy atom. The second-order valence-electron chi connectivity index (χ2n) is 11.0. The fourth-order valence-corrected chi connectivity index (χ4v) is 6.70. The van der Waals surface area contributed by atoms with Crippen LogP contribution in [0.3, 0.4) is 0 Å². The van der Waals surface area contributed by atoms with Gasteiger partial charge in [0.1, 0.15) is 0 Å². The molecule has 9 heteroatoms. The number of nitrogens with zero attached hydrogens (tertiary/aromatic N) is 2. The van der Waals surface area contributed by atoms with E-state index in [0.717, 1.165) is 22.3 Å². The summed E-state index contributed by atoms with van der Waals surface area (Å²) in [6.45, 7) is 10.1. The fraction of sp³-hybridized carbons (Fsp3) is 0.286. The first-order chi connectivity index (χ1) is 21.1. The van der Waals surface area contributed by atoms with E-state index in [2.05, 4.69) is 29.8 Å². The second kappa shape index (κ2) is 13.4. The topological polar surface area (TPSA) is 79.1 Å². The minimum Gasteiger partial charge on any atom is -0.493 e. The van der Waals surface area contributed by atoms with Gasteiger partial charge in [-0.25, -0.2) is 9.79 Å². The lowest BCUT2D eigenvalue weighted by atomic mass is 9.91. The first kappa shape index (κ1) is 31.5. The summed E-state index contributed by atoms with van der Waals surface area (Å²) in [5.74, 6) is 0.972. The lowest BCUT2D eigenvalue weighted by Gasteiger charge is -2.26. The Kier molecular flexibility index (Phi) is 9.56. The number of carbonyl (C=O) groups is 1. The first-order valence-electron chi connectivity index (χ1n) is 14.5. The zero-order chi connectivity index (χ0) is 31.5. The highest BCUT2D eigenvalue weighted by molar-refractivity contribution is 9.10. The van der Waals surface area contributed by atoms with Crippen LogP contribution in [0, 0.1) is 0 Å². The van der Waals surface area contributed by atoms with Gasteiger partial charge in [0.2, 0.25) is 0 Å². The van der Waals surface area contributed by atoms with Crippen LogP contribution in [-0.2, 0) is 9.53 Å². The molecule has 0 saturated heterocycles. The molecule has 228 valence electrons. The molecule has 0 bridgehead atoms. The van der Waals surface area contributed by atoms with Crippen molar-refractivity contribution in [3.63, 3.8) is 0 Å². The molecule has 1 aliphatic rings. The minimum atomic E-state index is -0.730. The summed E-state index contributed by atoms with van der Waals surface area (Å²) < 4.78 is 19.9. The molecule has 4 aromatic rings. The molecule has 3 aromatic carbocycles. The highest BCUT2D eigenvalue weighted by Crippen LogP contribution is 2.38. The van der Waals surface area contributed by atoms with Gasteiger partial charge in [0.15, 0.2) is 16.3 Å². The molecule has 0 fully saturated rings. The van der Waals surface area contributed by atoms with Gasteiger partial charge in [-0.05, 0) is 77.5 Å². The Hall–Kier alpha value is -3.95. The quantitative estimate of drug-likeness (QED) is 0.187. The fourth-order valence-electron chi connectivity index (χ4n) is 5.14. The summed E-state index contributed by atoms with van der Waals surface area (Å²) in [6.07, 6.45) is 1.77. The van der Waals surface area contributed by atoms with Gasteiger partial charge in [-0.1, -0.05) is 79.8 Å². The van der Waals surface area contributed by atoms with E-state index in [1.54, 1.807) is 18.6 Å². The second-order valence-corrected chi connectivity index (χ2v) is 12.8. The minimum absolute atomic E-state index is 0.0447. The van der Waals surface area contributed by atoms with Gasteiger partial charge in [0.05, 0.1) is 46.1 Å². The van der Waals surface area contributed by atoms with Gasteiger partial charge >= 0.3 is 5.97 Å². The number of esters is 1. The Morgan fingerprint density at radius 3 is 2.39 bits per heavy atom. The largest absolute Gasteiger partial charge is 0.493 e. The van der Waals surface area contributed by atoms with Crippen LogP contribution in [0.5, 0.6) is 11.5 Å². The van der Waals surface area contributed by atoms with Gasteiger partial charge in [-0.3, -0.25) is 9.36 Å². The summed E-state index contributed by atoms with van der Waals surface area (Å²) in [6, 6.07) is 20.6. The summed E-state index contributed by atoms with van der Waals surface area (Å²) in [4.78, 5) is 33.3. The number of rotatable bonds is 9. The predicted molar refractivity (Wildman–Crippen MR) is 178 cm³/mol. The smallest absolute Gasteiger partial charge is 0.338 e. The van der Waals surface area contributed by atoms with Crippen LogP contribution in [0.4, 0.5) is 0 Å². The normalized spacial score (nSPS) is 14.9. The van der Waals surface area contributed by atoms with Crippen LogP contribution >= 0.6 is 27.3 Å². The Morgan fingerprint density at radius 1 is 1.07 bits per heavy atom. The van der Waals surface area contributed by atoms with Crippen molar-refractivity contribution in [3.05, 3.63) is 119 Å². The van der Waals surface area contributed by atoms with E-state index in [9.17, 15) is 9.59 Å². The number of hydrogen-bond donors (Lipinski definition) is 0. The van der Waals surface area contributed by atoms with E-state index in [1.165, 1.54) is 11.3 Å². The molecule has 0 radical (unpaired) electrons. The van der Waals surface area contributed by atoms with Gasteiger partial charge < -0.3 is 14.2 Å². The van der Waals surface area contributed by atoms with Crippen LogP contribution in [-0.4, -0.2) is 30.4 Å². The zero-order valence-electron chi connectivity index (χ0n) is 25.6. The molecule has 0 spiro atoms. The molecule has 0 amide bonds. The van der Waals surface area contributed by atoms with E-state index in [0.29, 0.717) is 42.5 Å². The molecule has 44 heavy (non-hydrogen) atoms. The third-order valence-electron chi connectivity index (χ3n) is 7.20. The Bertz CT molecular complexity index is 1890. The zero-order valence-corrected chi connectivity index (χ0v) is 28.0. The van der Waals surface area contributed by atoms with Crippen LogP contribution in [0.15, 0.2) is 86.6 Å². The molecule has 5 rings (SSSR count). The van der Waals surface area contributed by atoms with Crippen LogP contribution < -0.4 is 24.4 Å². The van der Waals surface area contributed by atoms with E-state index in [4.69, 9.17) is 19.2 Å². The molecule has 0 aliphatic carbocycles. The van der Waals surface area contributed by atoms with Crippen LogP contribution in [0.2, 0.25) is 0 Å². The van der Waals surface area contributed by atoms with E-state index in [-0.39, 0.29) is 18.3 Å². The highest BCUT2D eigenvalue weighted by atomic mass is 79.9. The average molecular weight is 676 g/mol. The lowest BCUT2D eigenvalue weighted by Crippen LogP contribution is -2.40. The predicted octanol–water partition coefficient (Wildman–Crippen LogP) is 6.62. The van der Waals surface area contributed by atoms with Crippen molar-refractivity contribution in [3.8, 4) is 11.5 Å². The molecule has 1 atom stereocenters. The number of methoxy groups -OCH3 is 1.